The highest BCUT2D eigenvalue weighted by Gasteiger charge is 2.40. The fraction of sp³-hybridized carbons (Fsp3) is 0.182. The number of amides is 1. The SMILES string of the molecule is COC(=O)c1ccc(NC(=O)[C@@H]2Cc3ccccc3CN2S(=O)(=O)c2cccs2)cc1. The quantitative estimate of drug-likeness (QED) is 0.595. The van der Waals surface area contributed by atoms with Crippen LogP contribution in [0, 0.1) is 0 Å². The van der Waals surface area contributed by atoms with Crippen molar-refractivity contribution in [2.75, 3.05) is 12.4 Å². The van der Waals surface area contributed by atoms with E-state index in [1.54, 1.807) is 29.6 Å². The minimum Gasteiger partial charge on any atom is -0.465 e. The molecular formula is C22H20N2O5S2. The van der Waals surface area contributed by atoms with Gasteiger partial charge in [-0.05, 0) is 53.3 Å². The standard InChI is InChI=1S/C22H20N2O5S2/c1-29-22(26)15-8-10-18(11-9-15)23-21(25)19-13-16-5-2-3-6-17(16)14-24(19)31(27,28)20-7-4-12-30-20/h2-12,19H,13-14H2,1H3,(H,23,25)/t19-/m0/s1. The molecule has 3 aromatic rings. The Labute approximate surface area is 184 Å². The van der Waals surface area contributed by atoms with Gasteiger partial charge in [-0.2, -0.15) is 4.31 Å². The van der Waals surface area contributed by atoms with Crippen LogP contribution in [-0.2, 0) is 32.5 Å². The van der Waals surface area contributed by atoms with Gasteiger partial charge in [-0.3, -0.25) is 4.79 Å². The Morgan fingerprint density at radius 1 is 1.03 bits per heavy atom. The zero-order valence-electron chi connectivity index (χ0n) is 16.6. The number of carbonyl (C=O) groups is 2. The summed E-state index contributed by atoms with van der Waals surface area (Å²) in [6.07, 6.45) is 0.271. The van der Waals surface area contributed by atoms with Gasteiger partial charge in [0.1, 0.15) is 10.3 Å². The fourth-order valence-electron chi connectivity index (χ4n) is 3.53. The number of esters is 1. The van der Waals surface area contributed by atoms with Gasteiger partial charge >= 0.3 is 5.97 Å². The number of fused-ring (bicyclic) bond motifs is 1. The topological polar surface area (TPSA) is 92.8 Å². The molecule has 0 radical (unpaired) electrons. The van der Waals surface area contributed by atoms with Crippen LogP contribution < -0.4 is 5.32 Å². The third-order valence-electron chi connectivity index (χ3n) is 5.14. The van der Waals surface area contributed by atoms with Crippen LogP contribution in [0.2, 0.25) is 0 Å². The van der Waals surface area contributed by atoms with Crippen molar-refractivity contribution in [1.29, 1.82) is 0 Å². The number of nitrogens with one attached hydrogen (secondary N) is 1. The zero-order valence-corrected chi connectivity index (χ0v) is 18.3. The normalized spacial score (nSPS) is 16.4. The molecule has 31 heavy (non-hydrogen) atoms. The second-order valence-corrected chi connectivity index (χ2v) is 10.1. The summed E-state index contributed by atoms with van der Waals surface area (Å²) in [5.41, 5.74) is 2.65. The first-order valence-corrected chi connectivity index (χ1v) is 11.8. The van der Waals surface area contributed by atoms with Crippen LogP contribution >= 0.6 is 11.3 Å². The highest BCUT2D eigenvalue weighted by atomic mass is 32.2. The molecule has 2 aromatic carbocycles. The van der Waals surface area contributed by atoms with Gasteiger partial charge in [0, 0.05) is 12.2 Å². The number of thiophene rings is 1. The van der Waals surface area contributed by atoms with Crippen molar-refractivity contribution in [2.24, 2.45) is 0 Å². The molecule has 9 heteroatoms. The number of sulfonamides is 1. The van der Waals surface area contributed by atoms with Crippen molar-refractivity contribution in [3.63, 3.8) is 0 Å². The first-order valence-electron chi connectivity index (χ1n) is 9.51. The van der Waals surface area contributed by atoms with Gasteiger partial charge in [0.15, 0.2) is 0 Å². The van der Waals surface area contributed by atoms with Crippen LogP contribution in [0.25, 0.3) is 0 Å². The van der Waals surface area contributed by atoms with Crippen LogP contribution in [0.5, 0.6) is 0 Å². The first-order chi connectivity index (χ1) is 14.9. The maximum atomic E-state index is 13.3. The number of anilines is 1. The Hall–Kier alpha value is -3.01. The maximum absolute atomic E-state index is 13.3. The van der Waals surface area contributed by atoms with Crippen molar-refractivity contribution in [3.8, 4) is 0 Å². The van der Waals surface area contributed by atoms with E-state index in [0.717, 1.165) is 22.5 Å². The number of hydrogen-bond acceptors (Lipinski definition) is 6. The summed E-state index contributed by atoms with van der Waals surface area (Å²) in [4.78, 5) is 24.8. The predicted molar refractivity (Wildman–Crippen MR) is 117 cm³/mol. The van der Waals surface area contributed by atoms with E-state index in [1.807, 2.05) is 24.3 Å². The number of benzene rings is 2. The number of nitrogens with zero attached hydrogens (tertiary/aromatic N) is 1. The second kappa shape index (κ2) is 8.62. The van der Waals surface area contributed by atoms with Crippen molar-refractivity contribution in [3.05, 3.63) is 82.7 Å². The zero-order chi connectivity index (χ0) is 22.0. The molecule has 0 spiro atoms. The van der Waals surface area contributed by atoms with Gasteiger partial charge in [0.2, 0.25) is 5.91 Å². The average Bonchev–Trinajstić information content (AvgIpc) is 3.34. The molecule has 1 aliphatic rings. The van der Waals surface area contributed by atoms with Crippen LogP contribution in [0.15, 0.2) is 70.3 Å². The molecule has 1 N–H and O–H groups in total. The van der Waals surface area contributed by atoms with Gasteiger partial charge in [-0.25, -0.2) is 13.2 Å². The van der Waals surface area contributed by atoms with Crippen LogP contribution in [-0.4, -0.2) is 37.8 Å². The Kier molecular flexibility index (Phi) is 5.90. The van der Waals surface area contributed by atoms with Crippen molar-refractivity contribution < 1.29 is 22.7 Å². The smallest absolute Gasteiger partial charge is 0.337 e. The Morgan fingerprint density at radius 2 is 1.74 bits per heavy atom. The molecule has 160 valence electrons. The number of methoxy groups -OCH3 is 1. The molecule has 0 aliphatic carbocycles. The lowest BCUT2D eigenvalue weighted by Crippen LogP contribution is -2.50. The van der Waals surface area contributed by atoms with E-state index in [4.69, 9.17) is 0 Å². The highest BCUT2D eigenvalue weighted by molar-refractivity contribution is 7.91. The molecule has 1 aromatic heterocycles. The van der Waals surface area contributed by atoms with Gasteiger partial charge in [0.05, 0.1) is 12.7 Å². The van der Waals surface area contributed by atoms with Crippen molar-refractivity contribution in [2.45, 2.75) is 23.2 Å². The van der Waals surface area contributed by atoms with E-state index in [9.17, 15) is 18.0 Å². The van der Waals surface area contributed by atoms with Gasteiger partial charge < -0.3 is 10.1 Å². The minimum absolute atomic E-state index is 0.121. The Morgan fingerprint density at radius 3 is 2.39 bits per heavy atom. The lowest BCUT2D eigenvalue weighted by atomic mass is 9.95. The number of hydrogen-bond donors (Lipinski definition) is 1. The molecule has 2 heterocycles. The molecule has 1 aliphatic heterocycles. The minimum atomic E-state index is -3.84. The van der Waals surface area contributed by atoms with E-state index in [-0.39, 0.29) is 17.2 Å². The highest BCUT2D eigenvalue weighted by Crippen LogP contribution is 2.31. The summed E-state index contributed by atoms with van der Waals surface area (Å²) < 4.78 is 32.7. The van der Waals surface area contributed by atoms with Crippen LogP contribution in [0.4, 0.5) is 5.69 Å². The Bertz CT molecular complexity index is 1200. The van der Waals surface area contributed by atoms with Crippen molar-refractivity contribution >= 4 is 38.9 Å². The molecular weight excluding hydrogens is 436 g/mol. The van der Waals surface area contributed by atoms with E-state index in [0.29, 0.717) is 11.3 Å². The Balaban J connectivity index is 1.63. The molecule has 0 unspecified atom stereocenters. The van der Waals surface area contributed by atoms with Gasteiger partial charge in [-0.15, -0.1) is 11.3 Å². The average molecular weight is 457 g/mol. The predicted octanol–water partition coefficient (Wildman–Crippen LogP) is 3.29. The molecule has 4 rings (SSSR count). The number of ether oxygens (including phenoxy) is 1. The molecule has 0 fully saturated rings. The third kappa shape index (κ3) is 4.25. The summed E-state index contributed by atoms with van der Waals surface area (Å²) in [5, 5.41) is 4.48. The number of rotatable bonds is 5. The monoisotopic (exact) mass is 456 g/mol. The van der Waals surface area contributed by atoms with E-state index < -0.39 is 27.9 Å². The molecule has 0 bridgehead atoms. The van der Waals surface area contributed by atoms with Gasteiger partial charge in [-0.1, -0.05) is 30.3 Å². The summed E-state index contributed by atoms with van der Waals surface area (Å²) in [5.74, 6) is -0.907. The molecule has 0 saturated carbocycles. The summed E-state index contributed by atoms with van der Waals surface area (Å²) >= 11 is 1.12. The van der Waals surface area contributed by atoms with Crippen LogP contribution in [0.1, 0.15) is 21.5 Å². The van der Waals surface area contributed by atoms with Gasteiger partial charge in [0.25, 0.3) is 10.0 Å². The van der Waals surface area contributed by atoms with Crippen LogP contribution in [0.3, 0.4) is 0 Å². The summed E-state index contributed by atoms with van der Waals surface area (Å²) in [6, 6.07) is 16.1. The summed E-state index contributed by atoms with van der Waals surface area (Å²) in [6.45, 7) is 0.121. The maximum Gasteiger partial charge on any atom is 0.337 e. The molecule has 1 amide bonds. The lowest BCUT2D eigenvalue weighted by Gasteiger charge is -2.34. The van der Waals surface area contributed by atoms with E-state index >= 15 is 0 Å². The van der Waals surface area contributed by atoms with E-state index in [2.05, 4.69) is 10.1 Å². The largest absolute Gasteiger partial charge is 0.465 e. The number of carbonyl (C=O) groups excluding carboxylic acids is 2. The van der Waals surface area contributed by atoms with E-state index in [1.165, 1.54) is 23.5 Å². The molecule has 1 atom stereocenters. The summed E-state index contributed by atoms with van der Waals surface area (Å²) in [7, 11) is -2.55. The third-order valence-corrected chi connectivity index (χ3v) is 8.37. The first kappa shape index (κ1) is 21.2. The fourth-order valence-corrected chi connectivity index (χ4v) is 6.22. The molecule has 0 saturated heterocycles. The second-order valence-electron chi connectivity index (χ2n) is 7.03. The van der Waals surface area contributed by atoms with Crippen molar-refractivity contribution in [1.82, 2.24) is 4.31 Å². The lowest BCUT2D eigenvalue weighted by molar-refractivity contribution is -0.120. The molecule has 7 nitrogen and oxygen atoms in total.